The Morgan fingerprint density at radius 1 is 0.794 bits per heavy atom. The van der Waals surface area contributed by atoms with Crippen molar-refractivity contribution in [1.29, 1.82) is 0 Å². The van der Waals surface area contributed by atoms with Gasteiger partial charge in [-0.1, -0.05) is 91.5 Å². The Bertz CT molecular complexity index is 1850. The number of aliphatic hydroxyl groups excluding tert-OH is 1. The van der Waals surface area contributed by atoms with Crippen LogP contribution < -0.4 is 26.6 Å². The van der Waals surface area contributed by atoms with Gasteiger partial charge in [-0.3, -0.25) is 33.6 Å². The lowest BCUT2D eigenvalue weighted by Crippen LogP contribution is -2.61. The Hall–Kier alpha value is -6.11. The first-order valence-electron chi connectivity index (χ1n) is 20.8. The number of hydrogen-bond donors (Lipinski definition) is 6. The molecule has 0 aliphatic heterocycles. The number of hydrogen-bond acceptors (Lipinski definition) is 12. The number of amides is 7. The normalized spacial score (nSPS) is 14.7. The molecule has 0 aromatic heterocycles. The van der Waals surface area contributed by atoms with Crippen molar-refractivity contribution in [3.05, 3.63) is 59.9 Å². The highest BCUT2D eigenvalue weighted by Gasteiger charge is 2.40. The number of nitrogens with zero attached hydrogens (tertiary/aromatic N) is 2. The fraction of sp³-hybridized carbons (Fsp3) is 0.568. The summed E-state index contributed by atoms with van der Waals surface area (Å²) in [5.41, 5.74) is 0.0396. The van der Waals surface area contributed by atoms with Gasteiger partial charge < -0.3 is 51.0 Å². The van der Waals surface area contributed by atoms with Gasteiger partial charge in [-0.15, -0.1) is 0 Å². The molecule has 7 atom stereocenters. The van der Waals surface area contributed by atoms with E-state index in [1.54, 1.807) is 78.8 Å². The molecule has 1 aromatic rings. The minimum absolute atomic E-state index is 0.0197. The van der Waals surface area contributed by atoms with E-state index < -0.39 is 113 Å². The number of aliphatic hydroxyl groups is 1. The first-order valence-corrected chi connectivity index (χ1v) is 20.8. The van der Waals surface area contributed by atoms with Crippen LogP contribution in [0.3, 0.4) is 0 Å². The molecule has 0 bridgehead atoms. The molecule has 1 aromatic carbocycles. The Labute approximate surface area is 370 Å². The molecule has 63 heavy (non-hydrogen) atoms. The highest BCUT2D eigenvalue weighted by atomic mass is 16.6. The van der Waals surface area contributed by atoms with Crippen LogP contribution in [-0.4, -0.2) is 132 Å². The first kappa shape index (κ1) is 54.9. The minimum Gasteiger partial charge on any atom is -0.458 e. The van der Waals surface area contributed by atoms with Crippen LogP contribution in [0.1, 0.15) is 81.2 Å². The van der Waals surface area contributed by atoms with Crippen molar-refractivity contribution < 1.29 is 57.7 Å². The van der Waals surface area contributed by atoms with E-state index in [9.17, 15) is 48.3 Å². The third kappa shape index (κ3) is 16.9. The summed E-state index contributed by atoms with van der Waals surface area (Å²) in [5.74, 6) is -8.40. The lowest BCUT2D eigenvalue weighted by molar-refractivity contribution is -0.163. The molecule has 19 nitrogen and oxygen atoms in total. The summed E-state index contributed by atoms with van der Waals surface area (Å²) in [7, 11) is 3.83. The summed E-state index contributed by atoms with van der Waals surface area (Å²) in [6.45, 7) is 19.3. The van der Waals surface area contributed by atoms with Crippen LogP contribution in [-0.2, 0) is 59.0 Å². The molecule has 7 amide bonds. The van der Waals surface area contributed by atoms with Gasteiger partial charge in [0.15, 0.2) is 12.1 Å². The van der Waals surface area contributed by atoms with Crippen molar-refractivity contribution in [2.45, 2.75) is 125 Å². The first-order chi connectivity index (χ1) is 29.3. The zero-order chi connectivity index (χ0) is 48.5. The Morgan fingerprint density at radius 3 is 1.87 bits per heavy atom. The molecule has 0 spiro atoms. The van der Waals surface area contributed by atoms with Gasteiger partial charge in [-0.2, -0.15) is 0 Å². The molecule has 6 N–H and O–H groups in total. The highest BCUT2D eigenvalue weighted by Crippen LogP contribution is 2.18. The predicted octanol–water partition coefficient (Wildman–Crippen LogP) is 0.851. The molecule has 0 saturated carbocycles. The maximum Gasteiger partial charge on any atom is 0.355 e. The molecule has 0 aliphatic rings. The van der Waals surface area contributed by atoms with E-state index >= 15 is 0 Å². The molecule has 0 aliphatic carbocycles. The number of ether oxygens (including phenoxy) is 2. The molecule has 0 heterocycles. The van der Waals surface area contributed by atoms with Crippen molar-refractivity contribution in [2.24, 2.45) is 17.8 Å². The minimum atomic E-state index is -1.49. The highest BCUT2D eigenvalue weighted by molar-refractivity contribution is 6.01. The third-order valence-electron chi connectivity index (χ3n) is 9.82. The maximum atomic E-state index is 13.8. The van der Waals surface area contributed by atoms with E-state index in [0.29, 0.717) is 5.56 Å². The van der Waals surface area contributed by atoms with Gasteiger partial charge >= 0.3 is 11.9 Å². The van der Waals surface area contributed by atoms with Gasteiger partial charge in [-0.25, -0.2) is 9.59 Å². The largest absolute Gasteiger partial charge is 0.458 e. The molecule has 0 radical (unpaired) electrons. The van der Waals surface area contributed by atoms with Crippen LogP contribution >= 0.6 is 0 Å². The summed E-state index contributed by atoms with van der Waals surface area (Å²) in [4.78, 5) is 120. The van der Waals surface area contributed by atoms with Crippen LogP contribution in [0.2, 0.25) is 0 Å². The molecule has 0 fully saturated rings. The number of allylic oxidation sites excluding steroid dienone is 1. The third-order valence-corrected chi connectivity index (χ3v) is 9.82. The zero-order valence-corrected chi connectivity index (χ0v) is 38.7. The second-order valence-corrected chi connectivity index (χ2v) is 16.1. The fourth-order valence-electron chi connectivity index (χ4n) is 5.87. The van der Waals surface area contributed by atoms with Gasteiger partial charge in [0.05, 0.1) is 6.10 Å². The van der Waals surface area contributed by atoms with Gasteiger partial charge in [0.1, 0.15) is 35.6 Å². The number of likely N-dealkylation sites (N-methyl/N-ethyl adjacent to an activating group) is 3. The molecule has 1 rings (SSSR count). The van der Waals surface area contributed by atoms with E-state index in [4.69, 9.17) is 9.47 Å². The molecular formula is C44H67N7O12. The summed E-state index contributed by atoms with van der Waals surface area (Å²) < 4.78 is 11.3. The van der Waals surface area contributed by atoms with E-state index in [0.717, 1.165) is 9.80 Å². The SMILES string of the molecule is C=C(C(=O)N[C@@H](C)C(=O)N(C)[C@@H](C)C(=O)N[C@H](C(=O)NC)[C@H](OC(=O)[C@@H](NC(=O)CC)[C@H](O)C(C)C)C(C)C)N(C)C(=O)[C@@H](Cc1ccccc1)OC(=O)/C(=C/C(C)C)NC(C)=O. The van der Waals surface area contributed by atoms with Crippen molar-refractivity contribution in [3.8, 4) is 0 Å². The van der Waals surface area contributed by atoms with Crippen LogP contribution in [0.25, 0.3) is 0 Å². The number of esters is 2. The van der Waals surface area contributed by atoms with E-state index in [1.807, 2.05) is 0 Å². The van der Waals surface area contributed by atoms with Gasteiger partial charge in [0.25, 0.3) is 11.8 Å². The second kappa shape index (κ2) is 25.7. The second-order valence-electron chi connectivity index (χ2n) is 16.1. The topological polar surface area (TPSA) is 259 Å². The number of carbonyl (C=O) groups excluding carboxylic acids is 9. The number of rotatable bonds is 23. The summed E-state index contributed by atoms with van der Waals surface area (Å²) in [5, 5.41) is 23.0. The quantitative estimate of drug-likeness (QED) is 0.0661. The number of benzene rings is 1. The van der Waals surface area contributed by atoms with Crippen LogP contribution in [0.4, 0.5) is 0 Å². The number of nitrogens with one attached hydrogen (secondary N) is 5. The van der Waals surface area contributed by atoms with Gasteiger partial charge in [0, 0.05) is 40.9 Å². The van der Waals surface area contributed by atoms with Crippen LogP contribution in [0.15, 0.2) is 54.4 Å². The Kier molecular flexibility index (Phi) is 22.4. The molecule has 350 valence electrons. The van der Waals surface area contributed by atoms with E-state index in [1.165, 1.54) is 48.0 Å². The summed E-state index contributed by atoms with van der Waals surface area (Å²) in [6, 6.07) is 3.12. The molecule has 19 heteroatoms. The van der Waals surface area contributed by atoms with Crippen molar-refractivity contribution in [1.82, 2.24) is 36.4 Å². The molecule has 0 saturated heterocycles. The van der Waals surface area contributed by atoms with Crippen molar-refractivity contribution >= 4 is 53.3 Å². The smallest absolute Gasteiger partial charge is 0.355 e. The Morgan fingerprint density at radius 2 is 1.38 bits per heavy atom. The van der Waals surface area contributed by atoms with Gasteiger partial charge in [-0.05, 0) is 37.2 Å². The monoisotopic (exact) mass is 885 g/mol. The van der Waals surface area contributed by atoms with Crippen molar-refractivity contribution in [3.63, 3.8) is 0 Å². The average molecular weight is 886 g/mol. The van der Waals surface area contributed by atoms with Crippen molar-refractivity contribution in [2.75, 3.05) is 21.1 Å². The summed E-state index contributed by atoms with van der Waals surface area (Å²) >= 11 is 0. The summed E-state index contributed by atoms with van der Waals surface area (Å²) in [6.07, 6.45) is -2.72. The maximum absolute atomic E-state index is 13.8. The van der Waals surface area contributed by atoms with E-state index in [2.05, 4.69) is 33.2 Å². The Balaban J connectivity index is 3.24. The molecular weight excluding hydrogens is 819 g/mol. The molecule has 0 unspecified atom stereocenters. The lowest BCUT2D eigenvalue weighted by atomic mass is 9.96. The van der Waals surface area contributed by atoms with E-state index in [-0.39, 0.29) is 24.5 Å². The van der Waals surface area contributed by atoms with Crippen LogP contribution in [0.5, 0.6) is 0 Å². The predicted molar refractivity (Wildman–Crippen MR) is 232 cm³/mol. The number of carbonyl (C=O) groups is 9. The standard InChI is InChI=1S/C44H67N7O12/c1-15-33(53)48-34(36(54)24(4)5)44(61)63-37(25(6)7)35(40(57)45-12)49-39(56)28(10)50(13)41(58)26(8)46-38(55)27(9)51(14)42(59)32(22-30-19-17-16-18-20-30)62-43(60)31(21-23(2)3)47-29(11)52/h16-21,23-26,28,32,34-37,54H,9,15,22H2,1-8,10-14H3,(H,45,57)(H,46,55)(H,47,52)(H,48,53)(H,49,56)/b31-21-/t26-,28-,32+,34-,35-,36+,37+/m0/s1. The van der Waals surface area contributed by atoms with Gasteiger partial charge in [0.2, 0.25) is 29.5 Å². The fourth-order valence-corrected chi connectivity index (χ4v) is 5.87. The average Bonchev–Trinajstić information content (AvgIpc) is 3.23. The lowest BCUT2D eigenvalue weighted by Gasteiger charge is -2.34. The zero-order valence-electron chi connectivity index (χ0n) is 38.7. The van der Waals surface area contributed by atoms with Crippen LogP contribution in [0, 0.1) is 17.8 Å².